The lowest BCUT2D eigenvalue weighted by Crippen LogP contribution is -2.26. The number of hydrogen-bond donors (Lipinski definition) is 2. The maximum atomic E-state index is 11.4. The highest BCUT2D eigenvalue weighted by Crippen LogP contribution is 2.52. The van der Waals surface area contributed by atoms with Crippen LogP contribution in [0.4, 0.5) is 5.69 Å². The Labute approximate surface area is 110 Å². The van der Waals surface area contributed by atoms with Crippen molar-refractivity contribution in [3.8, 4) is 5.75 Å². The third kappa shape index (κ3) is 2.25. The van der Waals surface area contributed by atoms with Gasteiger partial charge in [0.15, 0.2) is 0 Å². The Morgan fingerprint density at radius 1 is 1.42 bits per heavy atom. The number of sulfonamides is 1. The molecule has 1 aliphatic carbocycles. The predicted octanol–water partition coefficient (Wildman–Crippen LogP) is 1.28. The zero-order valence-corrected chi connectivity index (χ0v) is 10.9. The summed E-state index contributed by atoms with van der Waals surface area (Å²) in [6.07, 6.45) is 1.69. The molecule has 1 aliphatic heterocycles. The van der Waals surface area contributed by atoms with E-state index < -0.39 is 16.0 Å². The maximum Gasteiger partial charge on any atom is 0.304 e. The van der Waals surface area contributed by atoms with Crippen molar-refractivity contribution in [2.24, 2.45) is 0 Å². The molecule has 2 N–H and O–H groups in total. The van der Waals surface area contributed by atoms with Crippen molar-refractivity contribution in [1.29, 1.82) is 0 Å². The van der Waals surface area contributed by atoms with E-state index >= 15 is 0 Å². The van der Waals surface area contributed by atoms with Gasteiger partial charge in [-0.25, -0.2) is 8.42 Å². The molecule has 1 aromatic rings. The predicted molar refractivity (Wildman–Crippen MR) is 67.6 cm³/mol. The summed E-state index contributed by atoms with van der Waals surface area (Å²) in [6.45, 7) is 0. The highest BCUT2D eigenvalue weighted by atomic mass is 32.2. The first-order chi connectivity index (χ1) is 8.90. The van der Waals surface area contributed by atoms with Crippen LogP contribution in [0.3, 0.4) is 0 Å². The molecule has 1 saturated carbocycles. The van der Waals surface area contributed by atoms with Gasteiger partial charge in [-0.2, -0.15) is 0 Å². The van der Waals surface area contributed by atoms with Crippen molar-refractivity contribution in [2.45, 2.75) is 24.7 Å². The number of ether oxygens (including phenoxy) is 1. The second-order valence-electron chi connectivity index (χ2n) is 5.04. The number of carbonyl (C=O) groups is 1. The summed E-state index contributed by atoms with van der Waals surface area (Å²) in [5.41, 5.74) is 0.895. The van der Waals surface area contributed by atoms with Crippen LogP contribution in [0.15, 0.2) is 18.2 Å². The molecule has 1 aromatic carbocycles. The molecule has 102 valence electrons. The number of carboxylic acid groups (broad SMARTS) is 1. The van der Waals surface area contributed by atoms with Crippen molar-refractivity contribution in [2.75, 3.05) is 10.7 Å². The van der Waals surface area contributed by atoms with Gasteiger partial charge in [0.05, 0.1) is 12.1 Å². The molecule has 7 heteroatoms. The van der Waals surface area contributed by atoms with Gasteiger partial charge in [-0.3, -0.25) is 9.52 Å². The summed E-state index contributed by atoms with van der Waals surface area (Å²) in [5.74, 6) is -0.753. The highest BCUT2D eigenvalue weighted by molar-refractivity contribution is 7.92. The van der Waals surface area contributed by atoms with Gasteiger partial charge in [-0.1, -0.05) is 6.07 Å². The molecular formula is C12H13NO5S. The average Bonchev–Trinajstić information content (AvgIpc) is 3.07. The van der Waals surface area contributed by atoms with E-state index in [9.17, 15) is 13.2 Å². The van der Waals surface area contributed by atoms with Crippen LogP contribution in [-0.4, -0.2) is 25.4 Å². The van der Waals surface area contributed by atoms with Crippen molar-refractivity contribution in [1.82, 2.24) is 0 Å². The van der Waals surface area contributed by atoms with Crippen LogP contribution in [-0.2, 0) is 20.2 Å². The van der Waals surface area contributed by atoms with Crippen molar-refractivity contribution >= 4 is 21.7 Å². The molecule has 0 saturated heterocycles. The minimum absolute atomic E-state index is 0.0688. The molecule has 6 nitrogen and oxygen atoms in total. The number of benzene rings is 1. The van der Waals surface area contributed by atoms with Crippen molar-refractivity contribution in [3.05, 3.63) is 23.8 Å². The molecule has 1 heterocycles. The molecule has 0 spiro atoms. The van der Waals surface area contributed by atoms with E-state index in [1.165, 1.54) is 0 Å². The molecule has 0 unspecified atom stereocenters. The fourth-order valence-corrected chi connectivity index (χ4v) is 3.25. The van der Waals surface area contributed by atoms with Gasteiger partial charge in [-0.15, -0.1) is 0 Å². The Kier molecular flexibility index (Phi) is 2.50. The van der Waals surface area contributed by atoms with Crippen LogP contribution in [0, 0.1) is 0 Å². The zero-order chi connectivity index (χ0) is 13.7. The Bertz CT molecular complexity index is 648. The monoisotopic (exact) mass is 283 g/mol. The lowest BCUT2D eigenvalue weighted by molar-refractivity contribution is -0.137. The Morgan fingerprint density at radius 2 is 2.16 bits per heavy atom. The molecule has 0 radical (unpaired) electrons. The first-order valence-corrected chi connectivity index (χ1v) is 7.55. The van der Waals surface area contributed by atoms with Gasteiger partial charge < -0.3 is 9.84 Å². The van der Waals surface area contributed by atoms with Gasteiger partial charge in [0.2, 0.25) is 5.94 Å². The number of carboxylic acids is 1. The number of fused-ring (bicyclic) bond motifs is 1. The van der Waals surface area contributed by atoms with Crippen molar-refractivity contribution < 1.29 is 23.1 Å². The summed E-state index contributed by atoms with van der Waals surface area (Å²) in [4.78, 5) is 10.9. The number of nitrogens with one attached hydrogen (secondary N) is 1. The standard InChI is InChI=1S/C12H13NO5S/c14-11(15)6-12(3-4-12)8-1-2-10-9(5-8)13-19(16,17)7-18-10/h1-2,5,13H,3-4,6-7H2,(H,14,15). The second kappa shape index (κ2) is 3.86. The lowest BCUT2D eigenvalue weighted by Gasteiger charge is -2.21. The maximum absolute atomic E-state index is 11.4. The van der Waals surface area contributed by atoms with Crippen LogP contribution < -0.4 is 9.46 Å². The SMILES string of the molecule is O=C(O)CC1(c2ccc3c(c2)NS(=O)(=O)CO3)CC1. The summed E-state index contributed by atoms with van der Waals surface area (Å²) >= 11 is 0. The van der Waals surface area contributed by atoms with Gasteiger partial charge in [0, 0.05) is 5.41 Å². The lowest BCUT2D eigenvalue weighted by atomic mass is 9.92. The largest absolute Gasteiger partial charge is 0.481 e. The number of anilines is 1. The van der Waals surface area contributed by atoms with Crippen LogP contribution >= 0.6 is 0 Å². The van der Waals surface area contributed by atoms with Crippen LogP contribution in [0.25, 0.3) is 0 Å². The summed E-state index contributed by atoms with van der Waals surface area (Å²) in [6, 6.07) is 5.19. The Hall–Kier alpha value is -1.76. The summed E-state index contributed by atoms with van der Waals surface area (Å²) in [7, 11) is -3.45. The van der Waals surface area contributed by atoms with Gasteiger partial charge >= 0.3 is 5.97 Å². The molecule has 1 fully saturated rings. The van der Waals surface area contributed by atoms with E-state index in [2.05, 4.69) is 4.72 Å². The van der Waals surface area contributed by atoms with Crippen LogP contribution in [0.1, 0.15) is 24.8 Å². The van der Waals surface area contributed by atoms with E-state index in [-0.39, 0.29) is 17.8 Å². The second-order valence-corrected chi connectivity index (χ2v) is 6.71. The third-order valence-electron chi connectivity index (χ3n) is 3.57. The summed E-state index contributed by atoms with van der Waals surface area (Å²) in [5, 5.41) is 8.94. The number of rotatable bonds is 3. The quantitative estimate of drug-likeness (QED) is 0.871. The normalized spacial score (nSPS) is 21.7. The Balaban J connectivity index is 1.96. The van der Waals surface area contributed by atoms with Crippen LogP contribution in [0.2, 0.25) is 0 Å². The van der Waals surface area contributed by atoms with Gasteiger partial charge in [0.1, 0.15) is 5.75 Å². The van der Waals surface area contributed by atoms with E-state index in [0.29, 0.717) is 11.4 Å². The number of hydrogen-bond acceptors (Lipinski definition) is 4. The molecule has 19 heavy (non-hydrogen) atoms. The Morgan fingerprint density at radius 3 is 2.79 bits per heavy atom. The van der Waals surface area contributed by atoms with E-state index in [0.717, 1.165) is 18.4 Å². The number of aliphatic carboxylic acids is 1. The fourth-order valence-electron chi connectivity index (χ4n) is 2.41. The zero-order valence-electron chi connectivity index (χ0n) is 10.0. The smallest absolute Gasteiger partial charge is 0.304 e. The first-order valence-electron chi connectivity index (χ1n) is 5.90. The van der Waals surface area contributed by atoms with Gasteiger partial charge in [0.25, 0.3) is 10.0 Å². The first kappa shape index (κ1) is 12.3. The van der Waals surface area contributed by atoms with E-state index in [1.54, 1.807) is 12.1 Å². The molecular weight excluding hydrogens is 270 g/mol. The van der Waals surface area contributed by atoms with Gasteiger partial charge in [-0.05, 0) is 30.5 Å². The molecule has 0 aromatic heterocycles. The third-order valence-corrected chi connectivity index (χ3v) is 4.53. The molecule has 2 aliphatic rings. The minimum Gasteiger partial charge on any atom is -0.481 e. The summed E-state index contributed by atoms with van der Waals surface area (Å²) < 4.78 is 30.4. The average molecular weight is 283 g/mol. The van der Waals surface area contributed by atoms with E-state index in [1.807, 2.05) is 6.07 Å². The topological polar surface area (TPSA) is 92.7 Å². The minimum atomic E-state index is -3.45. The molecule has 3 rings (SSSR count). The van der Waals surface area contributed by atoms with Crippen molar-refractivity contribution in [3.63, 3.8) is 0 Å². The fraction of sp³-hybridized carbons (Fsp3) is 0.417. The molecule has 0 amide bonds. The van der Waals surface area contributed by atoms with E-state index in [4.69, 9.17) is 9.84 Å². The van der Waals surface area contributed by atoms with Crippen LogP contribution in [0.5, 0.6) is 5.75 Å². The molecule has 0 atom stereocenters. The molecule has 0 bridgehead atoms. The highest BCUT2D eigenvalue weighted by Gasteiger charge is 2.46.